The maximum absolute atomic E-state index is 12.2. The number of alkyl halides is 3. The second-order valence-electron chi connectivity index (χ2n) is 5.58. The fourth-order valence-electron chi connectivity index (χ4n) is 2.56. The minimum Gasteiger partial charge on any atom is -0.452 e. The molecule has 0 aliphatic carbocycles. The number of carbonyl (C=O) groups excluding carboxylic acids is 2. The molecule has 2 heterocycles. The van der Waals surface area contributed by atoms with Gasteiger partial charge < -0.3 is 14.4 Å². The summed E-state index contributed by atoms with van der Waals surface area (Å²) in [6.07, 6.45) is -4.03. The fourth-order valence-corrected chi connectivity index (χ4v) is 3.45. The highest BCUT2D eigenvalue weighted by Crippen LogP contribution is 2.24. The topological polar surface area (TPSA) is 55.8 Å². The minimum absolute atomic E-state index is 0.0334. The van der Waals surface area contributed by atoms with Crippen LogP contribution in [0.5, 0.6) is 5.75 Å². The molecule has 3 rings (SSSR count). The summed E-state index contributed by atoms with van der Waals surface area (Å²) in [4.78, 5) is 27.0. The lowest BCUT2D eigenvalue weighted by molar-refractivity contribution is -0.274. The molecule has 0 radical (unpaired) electrons. The van der Waals surface area contributed by atoms with Crippen LogP contribution in [0.3, 0.4) is 0 Å². The molecule has 9 heteroatoms. The Hall–Kier alpha value is -2.55. The number of carbonyl (C=O) groups is 2. The number of benzene rings is 1. The Balaban J connectivity index is 1.51. The van der Waals surface area contributed by atoms with Gasteiger partial charge in [-0.2, -0.15) is 0 Å². The van der Waals surface area contributed by atoms with Crippen LogP contribution in [-0.4, -0.2) is 36.3 Å². The molecule has 0 saturated carbocycles. The molecular formula is C17H14F3NO4S. The van der Waals surface area contributed by atoms with Crippen LogP contribution < -0.4 is 4.74 Å². The quantitative estimate of drug-likeness (QED) is 0.757. The fraction of sp³-hybridized carbons (Fsp3) is 0.294. The number of hydrogen-bond acceptors (Lipinski definition) is 5. The third kappa shape index (κ3) is 4.54. The molecule has 0 saturated heterocycles. The lowest BCUT2D eigenvalue weighted by atomic mass is 10.1. The molecule has 26 heavy (non-hydrogen) atoms. The van der Waals surface area contributed by atoms with Crippen molar-refractivity contribution >= 4 is 23.2 Å². The van der Waals surface area contributed by atoms with E-state index in [9.17, 15) is 22.8 Å². The first kappa shape index (κ1) is 18.2. The Bertz CT molecular complexity index is 801. The van der Waals surface area contributed by atoms with E-state index in [2.05, 4.69) is 4.74 Å². The molecule has 1 aromatic heterocycles. The third-order valence-corrected chi connectivity index (χ3v) is 4.83. The SMILES string of the molecule is O=C(OCC(=O)N1CCc2sccc2C1)c1ccc(OC(F)(F)F)cc1. The molecule has 0 unspecified atom stereocenters. The van der Waals surface area contributed by atoms with Crippen LogP contribution in [0.4, 0.5) is 13.2 Å². The van der Waals surface area contributed by atoms with Crippen molar-refractivity contribution in [3.8, 4) is 5.75 Å². The van der Waals surface area contributed by atoms with E-state index in [-0.39, 0.29) is 11.5 Å². The summed E-state index contributed by atoms with van der Waals surface area (Å²) in [5.74, 6) is -1.54. The van der Waals surface area contributed by atoms with Gasteiger partial charge in [-0.15, -0.1) is 24.5 Å². The van der Waals surface area contributed by atoms with Crippen molar-refractivity contribution < 1.29 is 32.2 Å². The van der Waals surface area contributed by atoms with Gasteiger partial charge in [0.15, 0.2) is 6.61 Å². The van der Waals surface area contributed by atoms with Gasteiger partial charge in [0.1, 0.15) is 5.75 Å². The average Bonchev–Trinajstić information content (AvgIpc) is 3.06. The molecule has 2 aromatic rings. The smallest absolute Gasteiger partial charge is 0.452 e. The van der Waals surface area contributed by atoms with E-state index in [0.717, 1.165) is 36.2 Å². The summed E-state index contributed by atoms with van der Waals surface area (Å²) in [5.41, 5.74) is 1.13. The van der Waals surface area contributed by atoms with Crippen molar-refractivity contribution in [1.82, 2.24) is 4.90 Å². The first-order chi connectivity index (χ1) is 12.3. The number of rotatable bonds is 4. The zero-order chi connectivity index (χ0) is 18.7. The maximum atomic E-state index is 12.2. The molecule has 1 aliphatic rings. The number of thiophene rings is 1. The standard InChI is InChI=1S/C17H14F3NO4S/c18-17(19,20)25-13-3-1-11(2-4-13)16(23)24-10-15(22)21-7-5-14-12(9-21)6-8-26-14/h1-4,6,8H,5,7,9-10H2. The van der Waals surface area contributed by atoms with Crippen LogP contribution in [0.1, 0.15) is 20.8 Å². The summed E-state index contributed by atoms with van der Waals surface area (Å²) in [6, 6.07) is 6.28. The summed E-state index contributed by atoms with van der Waals surface area (Å²) in [7, 11) is 0. The highest BCUT2D eigenvalue weighted by Gasteiger charge is 2.31. The third-order valence-electron chi connectivity index (χ3n) is 3.81. The Labute approximate surface area is 150 Å². The summed E-state index contributed by atoms with van der Waals surface area (Å²) in [5, 5.41) is 1.98. The normalized spacial score (nSPS) is 13.9. The van der Waals surface area contributed by atoms with Crippen LogP contribution >= 0.6 is 11.3 Å². The van der Waals surface area contributed by atoms with Crippen LogP contribution in [0.15, 0.2) is 35.7 Å². The van der Waals surface area contributed by atoms with E-state index in [0.29, 0.717) is 13.1 Å². The second-order valence-corrected chi connectivity index (χ2v) is 6.58. The maximum Gasteiger partial charge on any atom is 0.573 e. The molecule has 0 fully saturated rings. The lowest BCUT2D eigenvalue weighted by Gasteiger charge is -2.26. The summed E-state index contributed by atoms with van der Waals surface area (Å²) >= 11 is 1.66. The van der Waals surface area contributed by atoms with Gasteiger partial charge in [-0.3, -0.25) is 4.79 Å². The van der Waals surface area contributed by atoms with E-state index in [1.54, 1.807) is 16.2 Å². The number of esters is 1. The molecular weight excluding hydrogens is 371 g/mol. The number of nitrogens with zero attached hydrogens (tertiary/aromatic N) is 1. The van der Waals surface area contributed by atoms with Gasteiger partial charge in [0.05, 0.1) is 5.56 Å². The second kappa shape index (κ2) is 7.36. The van der Waals surface area contributed by atoms with Crippen molar-refractivity contribution in [3.05, 3.63) is 51.7 Å². The summed E-state index contributed by atoms with van der Waals surface area (Å²) in [6.45, 7) is 0.630. The number of fused-ring (bicyclic) bond motifs is 1. The molecule has 0 spiro atoms. The van der Waals surface area contributed by atoms with E-state index in [1.807, 2.05) is 11.4 Å². The molecule has 5 nitrogen and oxygen atoms in total. The van der Waals surface area contributed by atoms with Crippen LogP contribution in [-0.2, 0) is 22.5 Å². The molecule has 0 atom stereocenters. The van der Waals surface area contributed by atoms with E-state index in [1.165, 1.54) is 4.88 Å². The Kier molecular flexibility index (Phi) is 5.17. The number of amides is 1. The predicted octanol–water partition coefficient (Wildman–Crippen LogP) is 3.39. The predicted molar refractivity (Wildman–Crippen MR) is 86.8 cm³/mol. The number of ether oxygens (including phenoxy) is 2. The number of hydrogen-bond donors (Lipinski definition) is 0. The van der Waals surface area contributed by atoms with Crippen LogP contribution in [0.2, 0.25) is 0 Å². The van der Waals surface area contributed by atoms with E-state index in [4.69, 9.17) is 4.74 Å². The first-order valence-electron chi connectivity index (χ1n) is 7.68. The first-order valence-corrected chi connectivity index (χ1v) is 8.56. The van der Waals surface area contributed by atoms with Gasteiger partial charge >= 0.3 is 12.3 Å². The highest BCUT2D eigenvalue weighted by molar-refractivity contribution is 7.10. The van der Waals surface area contributed by atoms with Crippen LogP contribution in [0, 0.1) is 0 Å². The Morgan fingerprint density at radius 3 is 2.58 bits per heavy atom. The van der Waals surface area contributed by atoms with Gasteiger partial charge in [-0.05, 0) is 47.7 Å². The molecule has 1 aliphatic heterocycles. The zero-order valence-corrected chi connectivity index (χ0v) is 14.2. The average molecular weight is 385 g/mol. The molecule has 0 bridgehead atoms. The van der Waals surface area contributed by atoms with Crippen LogP contribution in [0.25, 0.3) is 0 Å². The van der Waals surface area contributed by atoms with E-state index < -0.39 is 24.7 Å². The molecule has 1 aromatic carbocycles. The van der Waals surface area contributed by atoms with Gasteiger partial charge in [0.2, 0.25) is 0 Å². The Morgan fingerprint density at radius 2 is 1.88 bits per heavy atom. The van der Waals surface area contributed by atoms with Crippen molar-refractivity contribution in [2.24, 2.45) is 0 Å². The lowest BCUT2D eigenvalue weighted by Crippen LogP contribution is -2.38. The van der Waals surface area contributed by atoms with Crippen molar-refractivity contribution in [3.63, 3.8) is 0 Å². The van der Waals surface area contributed by atoms with E-state index >= 15 is 0 Å². The molecule has 1 amide bonds. The Morgan fingerprint density at radius 1 is 1.15 bits per heavy atom. The summed E-state index contributed by atoms with van der Waals surface area (Å²) < 4.78 is 45.0. The minimum atomic E-state index is -4.80. The molecule has 0 N–H and O–H groups in total. The van der Waals surface area contributed by atoms with Crippen molar-refractivity contribution in [2.45, 2.75) is 19.3 Å². The van der Waals surface area contributed by atoms with Gasteiger partial charge in [0, 0.05) is 18.0 Å². The van der Waals surface area contributed by atoms with Crippen molar-refractivity contribution in [2.75, 3.05) is 13.2 Å². The highest BCUT2D eigenvalue weighted by atomic mass is 32.1. The van der Waals surface area contributed by atoms with Gasteiger partial charge in [-0.25, -0.2) is 4.79 Å². The zero-order valence-electron chi connectivity index (χ0n) is 13.4. The van der Waals surface area contributed by atoms with Crippen molar-refractivity contribution in [1.29, 1.82) is 0 Å². The monoisotopic (exact) mass is 385 g/mol. The number of halogens is 3. The molecule has 138 valence electrons. The van der Waals surface area contributed by atoms with Gasteiger partial charge in [0.25, 0.3) is 5.91 Å². The van der Waals surface area contributed by atoms with Gasteiger partial charge in [-0.1, -0.05) is 0 Å². The largest absolute Gasteiger partial charge is 0.573 e.